The van der Waals surface area contributed by atoms with Crippen molar-refractivity contribution in [2.45, 2.75) is 12.0 Å². The van der Waals surface area contributed by atoms with Gasteiger partial charge in [0, 0.05) is 24.2 Å². The Morgan fingerprint density at radius 3 is 2.11 bits per heavy atom. The molecule has 7 nitrogen and oxygen atoms in total. The van der Waals surface area contributed by atoms with Crippen molar-refractivity contribution >= 4 is 17.8 Å². The number of rotatable bonds is 2. The van der Waals surface area contributed by atoms with E-state index in [2.05, 4.69) is 5.32 Å². The van der Waals surface area contributed by atoms with E-state index in [0.717, 1.165) is 11.1 Å². The van der Waals surface area contributed by atoms with Gasteiger partial charge in [-0.25, -0.2) is 4.79 Å². The summed E-state index contributed by atoms with van der Waals surface area (Å²) in [7, 11) is 0. The van der Waals surface area contributed by atoms with Crippen LogP contribution in [-0.2, 0) is 9.59 Å². The molecule has 3 heterocycles. The molecule has 2 aromatic rings. The molecule has 0 aromatic heterocycles. The standard InChI is InChI=1S/C20H17N3O4/c24-17-9-21-20(26)23(17)12-10-22(11-12)19(25)18-13-5-1-3-7-15(13)27-16-8-4-2-6-14(16)18/h1-8,12,18H,9-11H2,(H,21,26). The molecule has 0 radical (unpaired) electrons. The van der Waals surface area contributed by atoms with Crippen molar-refractivity contribution in [1.29, 1.82) is 0 Å². The minimum atomic E-state index is -0.449. The molecule has 1 N–H and O–H groups in total. The number of ether oxygens (including phenoxy) is 1. The summed E-state index contributed by atoms with van der Waals surface area (Å²) < 4.78 is 5.94. The second-order valence-electron chi connectivity index (χ2n) is 6.93. The SMILES string of the molecule is O=C(C1c2ccccc2Oc2ccccc21)N1CC(N2C(=O)CNC2=O)C1. The number of benzene rings is 2. The van der Waals surface area contributed by atoms with Crippen LogP contribution >= 0.6 is 0 Å². The van der Waals surface area contributed by atoms with Gasteiger partial charge >= 0.3 is 6.03 Å². The largest absolute Gasteiger partial charge is 0.457 e. The van der Waals surface area contributed by atoms with Gasteiger partial charge in [-0.1, -0.05) is 36.4 Å². The normalized spacial score (nSPS) is 19.1. The van der Waals surface area contributed by atoms with Gasteiger partial charge < -0.3 is 15.0 Å². The van der Waals surface area contributed by atoms with Crippen LogP contribution in [0.4, 0.5) is 4.79 Å². The molecule has 5 rings (SSSR count). The highest BCUT2D eigenvalue weighted by atomic mass is 16.5. The van der Waals surface area contributed by atoms with Crippen molar-refractivity contribution in [3.8, 4) is 11.5 Å². The number of nitrogens with one attached hydrogen (secondary N) is 1. The molecule has 0 unspecified atom stereocenters. The zero-order chi connectivity index (χ0) is 18.5. The smallest absolute Gasteiger partial charge is 0.324 e. The Morgan fingerprint density at radius 2 is 1.56 bits per heavy atom. The van der Waals surface area contributed by atoms with Crippen LogP contribution in [0.15, 0.2) is 48.5 Å². The van der Waals surface area contributed by atoms with Crippen LogP contribution in [0, 0.1) is 0 Å². The second kappa shape index (κ2) is 5.84. The highest BCUT2D eigenvalue weighted by Gasteiger charge is 2.45. The first kappa shape index (κ1) is 15.9. The predicted molar refractivity (Wildman–Crippen MR) is 95.4 cm³/mol. The van der Waals surface area contributed by atoms with Gasteiger partial charge in [-0.15, -0.1) is 0 Å². The zero-order valence-corrected chi connectivity index (χ0v) is 14.4. The Hall–Kier alpha value is -3.35. The maximum absolute atomic E-state index is 13.3. The summed E-state index contributed by atoms with van der Waals surface area (Å²) in [6.45, 7) is 0.753. The van der Waals surface area contributed by atoms with Crippen LogP contribution < -0.4 is 10.1 Å². The molecule has 7 heteroatoms. The van der Waals surface area contributed by atoms with E-state index in [9.17, 15) is 14.4 Å². The summed E-state index contributed by atoms with van der Waals surface area (Å²) >= 11 is 0. The van der Waals surface area contributed by atoms with E-state index in [4.69, 9.17) is 4.74 Å². The Labute approximate surface area is 155 Å². The molecule has 4 amide bonds. The summed E-state index contributed by atoms with van der Waals surface area (Å²) in [6, 6.07) is 14.4. The summed E-state index contributed by atoms with van der Waals surface area (Å²) in [6.07, 6.45) is 0. The average Bonchev–Trinajstić information content (AvgIpc) is 2.97. The highest BCUT2D eigenvalue weighted by Crippen LogP contribution is 2.45. The minimum Gasteiger partial charge on any atom is -0.457 e. The molecule has 0 spiro atoms. The summed E-state index contributed by atoms with van der Waals surface area (Å²) in [4.78, 5) is 39.9. The lowest BCUT2D eigenvalue weighted by Gasteiger charge is -2.44. The molecule has 2 aromatic carbocycles. The van der Waals surface area contributed by atoms with Crippen LogP contribution in [0.1, 0.15) is 17.0 Å². The number of likely N-dealkylation sites (tertiary alicyclic amines) is 1. The van der Waals surface area contributed by atoms with E-state index in [-0.39, 0.29) is 30.4 Å². The maximum Gasteiger partial charge on any atom is 0.324 e. The zero-order valence-electron chi connectivity index (χ0n) is 14.4. The van der Waals surface area contributed by atoms with E-state index in [1.54, 1.807) is 4.90 Å². The molecular formula is C20H17N3O4. The van der Waals surface area contributed by atoms with Crippen molar-refractivity contribution in [1.82, 2.24) is 15.1 Å². The third-order valence-electron chi connectivity index (χ3n) is 5.34. The molecule has 0 aliphatic carbocycles. The monoisotopic (exact) mass is 363 g/mol. The molecule has 0 bridgehead atoms. The van der Waals surface area contributed by atoms with Crippen molar-refractivity contribution in [2.24, 2.45) is 0 Å². The lowest BCUT2D eigenvalue weighted by atomic mass is 9.86. The van der Waals surface area contributed by atoms with Gasteiger partial charge in [0.2, 0.25) is 11.8 Å². The van der Waals surface area contributed by atoms with Crippen LogP contribution in [0.2, 0.25) is 0 Å². The van der Waals surface area contributed by atoms with Crippen molar-refractivity contribution in [3.05, 3.63) is 59.7 Å². The van der Waals surface area contributed by atoms with Crippen LogP contribution in [0.25, 0.3) is 0 Å². The molecule has 2 fully saturated rings. The van der Waals surface area contributed by atoms with E-state index >= 15 is 0 Å². The van der Waals surface area contributed by atoms with E-state index in [0.29, 0.717) is 24.6 Å². The number of amides is 4. The van der Waals surface area contributed by atoms with Gasteiger partial charge in [0.05, 0.1) is 18.5 Å². The number of nitrogens with zero attached hydrogens (tertiary/aromatic N) is 2. The quantitative estimate of drug-likeness (QED) is 0.824. The number of urea groups is 1. The van der Waals surface area contributed by atoms with E-state index in [1.807, 2.05) is 48.5 Å². The molecule has 3 aliphatic heterocycles. The Balaban J connectivity index is 1.42. The average molecular weight is 363 g/mol. The first-order chi connectivity index (χ1) is 13.1. The van der Waals surface area contributed by atoms with E-state index < -0.39 is 5.92 Å². The summed E-state index contributed by atoms with van der Waals surface area (Å²) in [5, 5.41) is 2.52. The third kappa shape index (κ3) is 2.38. The number of carbonyl (C=O) groups is 3. The summed E-state index contributed by atoms with van der Waals surface area (Å²) in [5.74, 6) is 0.636. The predicted octanol–water partition coefficient (Wildman–Crippen LogP) is 1.69. The lowest BCUT2D eigenvalue weighted by molar-refractivity contribution is -0.142. The van der Waals surface area contributed by atoms with Crippen LogP contribution in [-0.4, -0.2) is 53.3 Å². The second-order valence-corrected chi connectivity index (χ2v) is 6.93. The first-order valence-electron chi connectivity index (χ1n) is 8.88. The molecule has 0 atom stereocenters. The fourth-order valence-electron chi connectivity index (χ4n) is 3.96. The molecule has 0 saturated carbocycles. The van der Waals surface area contributed by atoms with Crippen molar-refractivity contribution in [2.75, 3.05) is 19.6 Å². The van der Waals surface area contributed by atoms with Gasteiger partial charge in [0.15, 0.2) is 0 Å². The third-order valence-corrected chi connectivity index (χ3v) is 5.34. The molecule has 27 heavy (non-hydrogen) atoms. The fourth-order valence-corrected chi connectivity index (χ4v) is 3.96. The first-order valence-corrected chi connectivity index (χ1v) is 8.88. The van der Waals surface area contributed by atoms with Gasteiger partial charge in [-0.2, -0.15) is 0 Å². The van der Waals surface area contributed by atoms with Crippen molar-refractivity contribution < 1.29 is 19.1 Å². The van der Waals surface area contributed by atoms with Gasteiger partial charge in [-0.05, 0) is 12.1 Å². The van der Waals surface area contributed by atoms with Crippen molar-refractivity contribution in [3.63, 3.8) is 0 Å². The van der Waals surface area contributed by atoms with Gasteiger partial charge in [-0.3, -0.25) is 14.5 Å². The number of carbonyl (C=O) groups excluding carboxylic acids is 3. The Bertz CT molecular complexity index is 906. The molecule has 2 saturated heterocycles. The maximum atomic E-state index is 13.3. The number of imide groups is 1. The van der Waals surface area contributed by atoms with Crippen LogP contribution in [0.3, 0.4) is 0 Å². The Kier molecular flexibility index (Phi) is 3.43. The van der Waals surface area contributed by atoms with Crippen LogP contribution in [0.5, 0.6) is 11.5 Å². The number of hydrogen-bond donors (Lipinski definition) is 1. The lowest BCUT2D eigenvalue weighted by Crippen LogP contribution is -2.63. The number of hydrogen-bond acceptors (Lipinski definition) is 4. The molecular weight excluding hydrogens is 346 g/mol. The number of para-hydroxylation sites is 2. The fraction of sp³-hybridized carbons (Fsp3) is 0.250. The minimum absolute atomic E-state index is 0.0317. The molecule has 136 valence electrons. The van der Waals surface area contributed by atoms with Gasteiger partial charge in [0.25, 0.3) is 0 Å². The topological polar surface area (TPSA) is 79.0 Å². The summed E-state index contributed by atoms with van der Waals surface area (Å²) in [5.41, 5.74) is 1.67. The van der Waals surface area contributed by atoms with E-state index in [1.165, 1.54) is 4.90 Å². The Morgan fingerprint density at radius 1 is 0.963 bits per heavy atom. The molecule has 3 aliphatic rings. The number of fused-ring (bicyclic) bond motifs is 2. The van der Waals surface area contributed by atoms with Gasteiger partial charge in [0.1, 0.15) is 11.5 Å². The highest BCUT2D eigenvalue weighted by molar-refractivity contribution is 6.02.